The largest absolute Gasteiger partial charge is 0.481 e. The van der Waals surface area contributed by atoms with E-state index in [-0.39, 0.29) is 0 Å². The lowest BCUT2D eigenvalue weighted by atomic mass is 10.1. The molecule has 0 atom stereocenters. The van der Waals surface area contributed by atoms with Crippen LogP contribution in [0.25, 0.3) is 10.8 Å². The van der Waals surface area contributed by atoms with Gasteiger partial charge < -0.3 is 10.1 Å². The molecule has 3 nitrogen and oxygen atoms in total. The first-order valence-electron chi connectivity index (χ1n) is 5.40. The number of aromatic nitrogens is 1. The van der Waals surface area contributed by atoms with Crippen molar-refractivity contribution in [1.29, 1.82) is 0 Å². The Kier molecular flexibility index (Phi) is 2.95. The van der Waals surface area contributed by atoms with E-state index in [1.807, 2.05) is 18.2 Å². The quantitative estimate of drug-likeness (QED) is 0.856. The van der Waals surface area contributed by atoms with Crippen LogP contribution >= 0.6 is 0 Å². The number of pyridine rings is 1. The van der Waals surface area contributed by atoms with E-state index in [0.29, 0.717) is 11.9 Å². The van der Waals surface area contributed by atoms with Crippen molar-refractivity contribution in [3.8, 4) is 5.88 Å². The second-order valence-corrected chi connectivity index (χ2v) is 4.06. The predicted octanol–water partition coefficient (Wildman–Crippen LogP) is 3.06. The number of anilines is 1. The highest BCUT2D eigenvalue weighted by atomic mass is 16.5. The lowest BCUT2D eigenvalue weighted by Gasteiger charge is -2.11. The second kappa shape index (κ2) is 4.39. The van der Waals surface area contributed by atoms with Crippen molar-refractivity contribution >= 4 is 16.5 Å². The predicted molar refractivity (Wildman–Crippen MR) is 67.1 cm³/mol. The van der Waals surface area contributed by atoms with E-state index < -0.39 is 0 Å². The van der Waals surface area contributed by atoms with Gasteiger partial charge in [-0.1, -0.05) is 0 Å². The van der Waals surface area contributed by atoms with Gasteiger partial charge in [0.15, 0.2) is 0 Å². The molecule has 1 heterocycles. The summed E-state index contributed by atoms with van der Waals surface area (Å²) in [4.78, 5) is 4.17. The topological polar surface area (TPSA) is 34.1 Å². The van der Waals surface area contributed by atoms with Gasteiger partial charge in [0, 0.05) is 23.3 Å². The molecule has 0 bridgehead atoms. The van der Waals surface area contributed by atoms with Gasteiger partial charge in [0.2, 0.25) is 5.88 Å². The van der Waals surface area contributed by atoms with Crippen molar-refractivity contribution in [1.82, 2.24) is 4.98 Å². The van der Waals surface area contributed by atoms with Crippen molar-refractivity contribution < 1.29 is 4.74 Å². The van der Waals surface area contributed by atoms with Crippen LogP contribution in [0.1, 0.15) is 13.8 Å². The van der Waals surface area contributed by atoms with Gasteiger partial charge in [-0.15, -0.1) is 0 Å². The maximum absolute atomic E-state index is 5.22. The molecule has 0 spiro atoms. The zero-order chi connectivity index (χ0) is 11.5. The van der Waals surface area contributed by atoms with Crippen LogP contribution in [0.5, 0.6) is 5.88 Å². The Morgan fingerprint density at radius 2 is 2.06 bits per heavy atom. The second-order valence-electron chi connectivity index (χ2n) is 4.06. The highest BCUT2D eigenvalue weighted by Crippen LogP contribution is 2.25. The minimum atomic E-state index is 0.432. The van der Waals surface area contributed by atoms with E-state index in [1.165, 1.54) is 0 Å². The van der Waals surface area contributed by atoms with E-state index in [9.17, 15) is 0 Å². The third-order valence-electron chi connectivity index (χ3n) is 2.38. The van der Waals surface area contributed by atoms with Gasteiger partial charge in [0.25, 0.3) is 0 Å². The molecule has 16 heavy (non-hydrogen) atoms. The summed E-state index contributed by atoms with van der Waals surface area (Å²) in [6.07, 6.45) is 1.76. The maximum atomic E-state index is 5.22. The highest BCUT2D eigenvalue weighted by Gasteiger charge is 2.03. The molecule has 0 aliphatic heterocycles. The monoisotopic (exact) mass is 216 g/mol. The lowest BCUT2D eigenvalue weighted by molar-refractivity contribution is 0.403. The zero-order valence-corrected chi connectivity index (χ0v) is 9.82. The number of hydrogen-bond acceptors (Lipinski definition) is 3. The SMILES string of the molecule is COc1nccc2cc(NC(C)C)ccc12. The Morgan fingerprint density at radius 1 is 1.25 bits per heavy atom. The van der Waals surface area contributed by atoms with Gasteiger partial charge in [-0.3, -0.25) is 0 Å². The first kappa shape index (κ1) is 10.7. The summed E-state index contributed by atoms with van der Waals surface area (Å²) in [6.45, 7) is 4.24. The number of methoxy groups -OCH3 is 1. The van der Waals surface area contributed by atoms with E-state index in [2.05, 4.69) is 30.2 Å². The number of ether oxygens (including phenoxy) is 1. The van der Waals surface area contributed by atoms with E-state index in [4.69, 9.17) is 4.74 Å². The Hall–Kier alpha value is -1.77. The molecule has 2 aromatic rings. The summed E-state index contributed by atoms with van der Waals surface area (Å²) >= 11 is 0. The summed E-state index contributed by atoms with van der Waals surface area (Å²) in [5.41, 5.74) is 1.12. The first-order chi connectivity index (χ1) is 7.70. The van der Waals surface area contributed by atoms with Crippen molar-refractivity contribution in [2.45, 2.75) is 19.9 Å². The number of nitrogens with zero attached hydrogens (tertiary/aromatic N) is 1. The summed E-state index contributed by atoms with van der Waals surface area (Å²) in [5, 5.41) is 5.55. The summed E-state index contributed by atoms with van der Waals surface area (Å²) in [7, 11) is 1.64. The Labute approximate surface area is 95.5 Å². The van der Waals surface area contributed by atoms with Crippen LogP contribution in [0.3, 0.4) is 0 Å². The molecule has 1 aromatic heterocycles. The number of rotatable bonds is 3. The van der Waals surface area contributed by atoms with Crippen LogP contribution in [-0.4, -0.2) is 18.1 Å². The molecule has 0 aliphatic carbocycles. The summed E-state index contributed by atoms with van der Waals surface area (Å²) in [6, 6.07) is 8.61. The Balaban J connectivity index is 2.47. The van der Waals surface area contributed by atoms with Gasteiger partial charge in [-0.25, -0.2) is 4.98 Å². The van der Waals surface area contributed by atoms with Crippen LogP contribution in [0.4, 0.5) is 5.69 Å². The number of fused-ring (bicyclic) bond motifs is 1. The summed E-state index contributed by atoms with van der Waals surface area (Å²) < 4.78 is 5.22. The first-order valence-corrected chi connectivity index (χ1v) is 5.40. The van der Waals surface area contributed by atoms with Crippen molar-refractivity contribution in [3.05, 3.63) is 30.5 Å². The fourth-order valence-corrected chi connectivity index (χ4v) is 1.74. The van der Waals surface area contributed by atoms with E-state index in [1.54, 1.807) is 13.3 Å². The third kappa shape index (κ3) is 2.08. The molecule has 3 heteroatoms. The van der Waals surface area contributed by atoms with Crippen molar-refractivity contribution in [2.24, 2.45) is 0 Å². The van der Waals surface area contributed by atoms with Crippen LogP contribution in [0, 0.1) is 0 Å². The molecule has 1 N–H and O–H groups in total. The standard InChI is InChI=1S/C13H16N2O/c1-9(2)15-11-4-5-12-10(8-11)6-7-14-13(12)16-3/h4-9,15H,1-3H3. The van der Waals surface area contributed by atoms with Gasteiger partial charge in [0.1, 0.15) is 0 Å². The van der Waals surface area contributed by atoms with Gasteiger partial charge >= 0.3 is 0 Å². The van der Waals surface area contributed by atoms with Crippen LogP contribution in [-0.2, 0) is 0 Å². The molecular formula is C13H16N2O. The molecule has 0 aliphatic rings. The van der Waals surface area contributed by atoms with Gasteiger partial charge in [0.05, 0.1) is 7.11 Å². The molecule has 0 unspecified atom stereocenters. The molecule has 84 valence electrons. The van der Waals surface area contributed by atoms with E-state index >= 15 is 0 Å². The molecule has 1 aromatic carbocycles. The average Bonchev–Trinajstić information content (AvgIpc) is 2.27. The Bertz CT molecular complexity index is 494. The van der Waals surface area contributed by atoms with Gasteiger partial charge in [-0.2, -0.15) is 0 Å². The van der Waals surface area contributed by atoms with Crippen LogP contribution < -0.4 is 10.1 Å². The molecule has 0 amide bonds. The molecule has 0 saturated heterocycles. The summed E-state index contributed by atoms with van der Waals surface area (Å²) in [5.74, 6) is 0.675. The minimum absolute atomic E-state index is 0.432. The smallest absolute Gasteiger partial charge is 0.221 e. The molecule has 0 saturated carbocycles. The number of benzene rings is 1. The minimum Gasteiger partial charge on any atom is -0.481 e. The fraction of sp³-hybridized carbons (Fsp3) is 0.308. The van der Waals surface area contributed by atoms with Crippen molar-refractivity contribution in [3.63, 3.8) is 0 Å². The Morgan fingerprint density at radius 3 is 2.75 bits per heavy atom. The zero-order valence-electron chi connectivity index (χ0n) is 9.82. The fourth-order valence-electron chi connectivity index (χ4n) is 1.74. The molecule has 2 rings (SSSR count). The maximum Gasteiger partial charge on any atom is 0.221 e. The number of nitrogens with one attached hydrogen (secondary N) is 1. The lowest BCUT2D eigenvalue weighted by Crippen LogP contribution is -2.09. The third-order valence-corrected chi connectivity index (χ3v) is 2.38. The van der Waals surface area contributed by atoms with Crippen LogP contribution in [0.15, 0.2) is 30.5 Å². The highest BCUT2D eigenvalue weighted by molar-refractivity contribution is 5.89. The molecule has 0 fully saturated rings. The van der Waals surface area contributed by atoms with E-state index in [0.717, 1.165) is 16.5 Å². The van der Waals surface area contributed by atoms with Gasteiger partial charge in [-0.05, 0) is 43.5 Å². The average molecular weight is 216 g/mol. The molecular weight excluding hydrogens is 200 g/mol. The number of hydrogen-bond donors (Lipinski definition) is 1. The van der Waals surface area contributed by atoms with Crippen molar-refractivity contribution in [2.75, 3.05) is 12.4 Å². The normalized spacial score (nSPS) is 10.8. The molecule has 0 radical (unpaired) electrons. The van der Waals surface area contributed by atoms with Crippen LogP contribution in [0.2, 0.25) is 0 Å².